The normalized spacial score (nSPS) is 11.2. The highest BCUT2D eigenvalue weighted by Gasteiger charge is 2.20. The van der Waals surface area contributed by atoms with Crippen LogP contribution in [0, 0.1) is 5.82 Å². The van der Waals surface area contributed by atoms with E-state index in [1.165, 1.54) is 24.5 Å². The van der Waals surface area contributed by atoms with Gasteiger partial charge in [-0.15, -0.1) is 0 Å². The van der Waals surface area contributed by atoms with Crippen molar-refractivity contribution in [2.45, 2.75) is 11.8 Å². The summed E-state index contributed by atoms with van der Waals surface area (Å²) >= 11 is 3.18. The number of hydrogen-bond donors (Lipinski definition) is 2. The van der Waals surface area contributed by atoms with Gasteiger partial charge in [-0.3, -0.25) is 9.71 Å². The molecule has 5 nitrogen and oxygen atoms in total. The molecule has 1 aromatic heterocycles. The number of halogens is 2. The first-order chi connectivity index (χ1) is 9.94. The fourth-order valence-corrected chi connectivity index (χ4v) is 3.38. The van der Waals surface area contributed by atoms with Gasteiger partial charge in [-0.05, 0) is 47.1 Å². The van der Waals surface area contributed by atoms with Crippen LogP contribution in [-0.2, 0) is 10.0 Å². The fourth-order valence-electron chi connectivity index (χ4n) is 1.71. The molecule has 1 aromatic carbocycles. The van der Waals surface area contributed by atoms with Crippen molar-refractivity contribution in [2.24, 2.45) is 0 Å². The zero-order valence-electron chi connectivity index (χ0n) is 11.1. The van der Waals surface area contributed by atoms with Crippen LogP contribution in [-0.4, -0.2) is 19.9 Å². The number of benzene rings is 1. The van der Waals surface area contributed by atoms with Crippen LogP contribution in [0.15, 0.2) is 46.0 Å². The number of anilines is 2. The smallest absolute Gasteiger partial charge is 0.265 e. The summed E-state index contributed by atoms with van der Waals surface area (Å²) in [7, 11) is -3.88. The SMILES string of the molecule is CCNc1ccncc1S(=O)(=O)Nc1cc(F)ccc1Br. The Bertz CT molecular complexity index is 753. The average Bonchev–Trinajstić information content (AvgIpc) is 2.43. The molecule has 0 spiro atoms. The average molecular weight is 374 g/mol. The van der Waals surface area contributed by atoms with Crippen molar-refractivity contribution in [1.82, 2.24) is 4.98 Å². The van der Waals surface area contributed by atoms with E-state index in [9.17, 15) is 12.8 Å². The Morgan fingerprint density at radius 2 is 2.05 bits per heavy atom. The maximum Gasteiger partial charge on any atom is 0.265 e. The minimum Gasteiger partial charge on any atom is -0.384 e. The minimum atomic E-state index is -3.88. The molecule has 0 atom stereocenters. The van der Waals surface area contributed by atoms with Gasteiger partial charge in [-0.2, -0.15) is 0 Å². The van der Waals surface area contributed by atoms with Crippen molar-refractivity contribution < 1.29 is 12.8 Å². The first-order valence-electron chi connectivity index (χ1n) is 6.10. The van der Waals surface area contributed by atoms with Crippen LogP contribution in [0.5, 0.6) is 0 Å². The lowest BCUT2D eigenvalue weighted by Crippen LogP contribution is -2.16. The Morgan fingerprint density at radius 3 is 2.76 bits per heavy atom. The Morgan fingerprint density at radius 1 is 1.29 bits per heavy atom. The van der Waals surface area contributed by atoms with Crippen LogP contribution in [0.1, 0.15) is 6.92 Å². The van der Waals surface area contributed by atoms with Gasteiger partial charge < -0.3 is 5.32 Å². The highest BCUT2D eigenvalue weighted by molar-refractivity contribution is 9.10. The number of pyridine rings is 1. The van der Waals surface area contributed by atoms with Gasteiger partial charge >= 0.3 is 0 Å². The van der Waals surface area contributed by atoms with E-state index in [4.69, 9.17) is 0 Å². The number of sulfonamides is 1. The van der Waals surface area contributed by atoms with E-state index in [2.05, 4.69) is 31.0 Å². The molecular weight excluding hydrogens is 361 g/mol. The topological polar surface area (TPSA) is 71.1 Å². The molecule has 8 heteroatoms. The molecule has 0 bridgehead atoms. The molecule has 0 saturated carbocycles. The van der Waals surface area contributed by atoms with E-state index >= 15 is 0 Å². The number of hydrogen-bond acceptors (Lipinski definition) is 4. The van der Waals surface area contributed by atoms with E-state index in [0.29, 0.717) is 16.7 Å². The lowest BCUT2D eigenvalue weighted by molar-refractivity contribution is 0.601. The van der Waals surface area contributed by atoms with Gasteiger partial charge in [-0.25, -0.2) is 12.8 Å². The summed E-state index contributed by atoms with van der Waals surface area (Å²) in [5.74, 6) is -0.533. The Kier molecular flexibility index (Phi) is 4.79. The summed E-state index contributed by atoms with van der Waals surface area (Å²) in [5, 5.41) is 2.95. The van der Waals surface area contributed by atoms with Gasteiger partial charge in [0.15, 0.2) is 0 Å². The standard InChI is InChI=1S/C13H13BrFN3O2S/c1-2-17-11-5-6-16-8-13(11)21(19,20)18-12-7-9(15)3-4-10(12)14/h3-8,18H,2H2,1H3,(H,16,17). The Balaban J connectivity index is 2.41. The van der Waals surface area contributed by atoms with Crippen molar-refractivity contribution in [3.63, 3.8) is 0 Å². The third-order valence-electron chi connectivity index (χ3n) is 2.61. The quantitative estimate of drug-likeness (QED) is 0.843. The molecule has 0 aliphatic rings. The summed E-state index contributed by atoms with van der Waals surface area (Å²) in [6.45, 7) is 2.42. The molecular formula is C13H13BrFN3O2S. The van der Waals surface area contributed by atoms with E-state index in [1.54, 1.807) is 6.07 Å². The lowest BCUT2D eigenvalue weighted by atomic mass is 10.3. The molecule has 0 radical (unpaired) electrons. The summed E-state index contributed by atoms with van der Waals surface area (Å²) in [5.41, 5.74) is 0.564. The van der Waals surface area contributed by atoms with Crippen molar-refractivity contribution in [3.05, 3.63) is 46.9 Å². The van der Waals surface area contributed by atoms with Crippen molar-refractivity contribution in [1.29, 1.82) is 0 Å². The zero-order chi connectivity index (χ0) is 15.5. The second-order valence-electron chi connectivity index (χ2n) is 4.13. The monoisotopic (exact) mass is 373 g/mol. The minimum absolute atomic E-state index is 0.00279. The van der Waals surface area contributed by atoms with Crippen LogP contribution in [0.3, 0.4) is 0 Å². The fraction of sp³-hybridized carbons (Fsp3) is 0.154. The predicted molar refractivity (Wildman–Crippen MR) is 83.3 cm³/mol. The molecule has 0 amide bonds. The van der Waals surface area contributed by atoms with Crippen LogP contribution in [0.25, 0.3) is 0 Å². The first-order valence-corrected chi connectivity index (χ1v) is 8.37. The molecule has 1 heterocycles. The lowest BCUT2D eigenvalue weighted by Gasteiger charge is -2.13. The molecule has 2 rings (SSSR count). The Hall–Kier alpha value is -1.67. The largest absolute Gasteiger partial charge is 0.384 e. The molecule has 0 aliphatic heterocycles. The van der Waals surface area contributed by atoms with Crippen molar-refractivity contribution in [2.75, 3.05) is 16.6 Å². The van der Waals surface area contributed by atoms with Crippen LogP contribution in [0.4, 0.5) is 15.8 Å². The van der Waals surface area contributed by atoms with Gasteiger partial charge in [0.2, 0.25) is 0 Å². The zero-order valence-corrected chi connectivity index (χ0v) is 13.5. The molecule has 2 aromatic rings. The molecule has 0 aliphatic carbocycles. The van der Waals surface area contributed by atoms with Crippen LogP contribution < -0.4 is 10.0 Å². The Labute approximate surface area is 130 Å². The third-order valence-corrected chi connectivity index (χ3v) is 4.70. The van der Waals surface area contributed by atoms with E-state index in [0.717, 1.165) is 6.07 Å². The molecule has 0 saturated heterocycles. The van der Waals surface area contributed by atoms with Crippen LogP contribution in [0.2, 0.25) is 0 Å². The number of aromatic nitrogens is 1. The summed E-state index contributed by atoms with van der Waals surface area (Å²) in [6, 6.07) is 5.33. The van der Waals surface area contributed by atoms with E-state index in [1.807, 2.05) is 6.92 Å². The number of rotatable bonds is 5. The van der Waals surface area contributed by atoms with Crippen molar-refractivity contribution >= 4 is 37.3 Å². The van der Waals surface area contributed by atoms with Crippen molar-refractivity contribution in [3.8, 4) is 0 Å². The maximum atomic E-state index is 13.2. The highest BCUT2D eigenvalue weighted by Crippen LogP contribution is 2.27. The van der Waals surface area contributed by atoms with Gasteiger partial charge in [0.25, 0.3) is 10.0 Å². The molecule has 0 unspecified atom stereocenters. The van der Waals surface area contributed by atoms with Gasteiger partial charge in [0, 0.05) is 23.4 Å². The summed E-state index contributed by atoms with van der Waals surface area (Å²) in [6.07, 6.45) is 2.74. The molecule has 0 fully saturated rings. The predicted octanol–water partition coefficient (Wildman–Crippen LogP) is 3.22. The highest BCUT2D eigenvalue weighted by atomic mass is 79.9. The van der Waals surface area contributed by atoms with Crippen LogP contribution >= 0.6 is 15.9 Å². The van der Waals surface area contributed by atoms with Gasteiger partial charge in [0.1, 0.15) is 10.7 Å². The summed E-state index contributed by atoms with van der Waals surface area (Å²) in [4.78, 5) is 3.83. The first kappa shape index (κ1) is 15.7. The molecule has 21 heavy (non-hydrogen) atoms. The maximum absolute atomic E-state index is 13.2. The van der Waals surface area contributed by atoms with Gasteiger partial charge in [-0.1, -0.05) is 0 Å². The molecule has 112 valence electrons. The van der Waals surface area contributed by atoms with E-state index in [-0.39, 0.29) is 10.6 Å². The van der Waals surface area contributed by atoms with Gasteiger partial charge in [0.05, 0.1) is 11.4 Å². The summed E-state index contributed by atoms with van der Waals surface area (Å²) < 4.78 is 40.9. The third kappa shape index (κ3) is 3.70. The number of nitrogens with one attached hydrogen (secondary N) is 2. The molecule has 2 N–H and O–H groups in total. The van der Waals surface area contributed by atoms with E-state index < -0.39 is 15.8 Å². The number of nitrogens with zero attached hydrogens (tertiary/aromatic N) is 1. The second-order valence-corrected chi connectivity index (χ2v) is 6.64. The second kappa shape index (κ2) is 6.40.